The van der Waals surface area contributed by atoms with Crippen LogP contribution in [0.1, 0.15) is 16.5 Å². The molecule has 1 aromatic heterocycles. The highest BCUT2D eigenvalue weighted by molar-refractivity contribution is 9.10. The Bertz CT molecular complexity index is 519. The average Bonchev–Trinajstić information content (AvgIpc) is 2.83. The van der Waals surface area contributed by atoms with Crippen LogP contribution in [-0.4, -0.2) is 9.59 Å². The van der Waals surface area contributed by atoms with Crippen LogP contribution < -0.4 is 5.73 Å². The summed E-state index contributed by atoms with van der Waals surface area (Å²) in [6.07, 6.45) is 1.57. The summed E-state index contributed by atoms with van der Waals surface area (Å²) in [5.74, 6) is -1.21. The van der Waals surface area contributed by atoms with E-state index in [0.717, 1.165) is 11.5 Å². The van der Waals surface area contributed by atoms with Crippen LogP contribution in [0.5, 0.6) is 0 Å². The smallest absolute Gasteiger partial charge is 0.143 e. The first kappa shape index (κ1) is 12.5. The van der Waals surface area contributed by atoms with E-state index in [0.29, 0.717) is 4.88 Å². The molecule has 0 bridgehead atoms. The molecule has 0 amide bonds. The summed E-state index contributed by atoms with van der Waals surface area (Å²) >= 11 is 4.14. The van der Waals surface area contributed by atoms with Crippen molar-refractivity contribution in [2.75, 3.05) is 0 Å². The molecule has 7 heteroatoms. The van der Waals surface area contributed by atoms with Gasteiger partial charge in [-0.1, -0.05) is 4.49 Å². The molecule has 17 heavy (non-hydrogen) atoms. The number of nitrogens with two attached hydrogens (primary N) is 1. The maximum Gasteiger partial charge on any atom is 0.143 e. The van der Waals surface area contributed by atoms with Crippen LogP contribution in [-0.2, 0) is 6.42 Å². The maximum atomic E-state index is 13.7. The summed E-state index contributed by atoms with van der Waals surface area (Å²) in [4.78, 5) is 0.698. The minimum Gasteiger partial charge on any atom is -0.323 e. The third-order valence-electron chi connectivity index (χ3n) is 2.31. The lowest BCUT2D eigenvalue weighted by Gasteiger charge is -2.11. The third-order valence-corrected chi connectivity index (χ3v) is 3.71. The lowest BCUT2D eigenvalue weighted by molar-refractivity contribution is 0.537. The molecule has 1 unspecified atom stereocenters. The number of halogens is 3. The van der Waals surface area contributed by atoms with Crippen molar-refractivity contribution in [2.45, 2.75) is 12.5 Å². The van der Waals surface area contributed by atoms with E-state index in [1.54, 1.807) is 0 Å². The van der Waals surface area contributed by atoms with Crippen molar-refractivity contribution in [3.05, 3.63) is 44.9 Å². The second-order valence-electron chi connectivity index (χ2n) is 3.45. The van der Waals surface area contributed by atoms with Gasteiger partial charge in [0.15, 0.2) is 0 Å². The van der Waals surface area contributed by atoms with Crippen molar-refractivity contribution in [2.24, 2.45) is 5.73 Å². The van der Waals surface area contributed by atoms with Gasteiger partial charge in [0.1, 0.15) is 11.6 Å². The predicted octanol–water partition coefficient (Wildman–Crippen LogP) is 2.82. The van der Waals surface area contributed by atoms with Gasteiger partial charge in [-0.15, -0.1) is 5.10 Å². The minimum atomic E-state index is -0.613. The van der Waals surface area contributed by atoms with Gasteiger partial charge in [0.2, 0.25) is 0 Å². The molecular weight excluding hydrogens is 312 g/mol. The van der Waals surface area contributed by atoms with E-state index in [-0.39, 0.29) is 16.5 Å². The van der Waals surface area contributed by atoms with Crippen molar-refractivity contribution in [3.63, 3.8) is 0 Å². The van der Waals surface area contributed by atoms with E-state index in [1.165, 1.54) is 18.3 Å². The molecule has 0 spiro atoms. The third kappa shape index (κ3) is 2.67. The lowest BCUT2D eigenvalue weighted by atomic mass is 10.0. The normalized spacial score (nSPS) is 12.7. The van der Waals surface area contributed by atoms with Crippen LogP contribution in [0.3, 0.4) is 0 Å². The van der Waals surface area contributed by atoms with Crippen LogP contribution in [0.25, 0.3) is 0 Å². The molecular formula is C10H8BrF2N3S. The number of rotatable bonds is 3. The zero-order valence-corrected chi connectivity index (χ0v) is 10.9. The lowest BCUT2D eigenvalue weighted by Crippen LogP contribution is -2.14. The number of benzene rings is 1. The Morgan fingerprint density at radius 3 is 2.82 bits per heavy atom. The van der Waals surface area contributed by atoms with E-state index in [1.807, 2.05) is 0 Å². The van der Waals surface area contributed by atoms with E-state index in [9.17, 15) is 8.78 Å². The van der Waals surface area contributed by atoms with Crippen molar-refractivity contribution in [1.29, 1.82) is 0 Å². The molecule has 2 aromatic rings. The fourth-order valence-electron chi connectivity index (χ4n) is 1.41. The first-order chi connectivity index (χ1) is 8.09. The molecule has 0 fully saturated rings. The maximum absolute atomic E-state index is 13.7. The standard InChI is InChI=1S/C10H8BrF2N3S/c11-6-1-2-7(12)5(10(6)13)3-8(14)9-4-15-16-17-9/h1-2,4,8H,3,14H2. The molecule has 1 atom stereocenters. The van der Waals surface area contributed by atoms with E-state index in [4.69, 9.17) is 5.73 Å². The van der Waals surface area contributed by atoms with Crippen LogP contribution in [0, 0.1) is 11.6 Å². The Kier molecular flexibility index (Phi) is 3.80. The topological polar surface area (TPSA) is 51.8 Å². The van der Waals surface area contributed by atoms with Gasteiger partial charge in [-0.3, -0.25) is 0 Å². The van der Waals surface area contributed by atoms with Crippen molar-refractivity contribution in [3.8, 4) is 0 Å². The van der Waals surface area contributed by atoms with Gasteiger partial charge in [-0.2, -0.15) is 0 Å². The highest BCUT2D eigenvalue weighted by Gasteiger charge is 2.17. The van der Waals surface area contributed by atoms with Crippen LogP contribution in [0.4, 0.5) is 8.78 Å². The van der Waals surface area contributed by atoms with Crippen LogP contribution in [0.15, 0.2) is 22.8 Å². The quantitative estimate of drug-likeness (QED) is 0.885. The zero-order valence-electron chi connectivity index (χ0n) is 8.53. The first-order valence-corrected chi connectivity index (χ1v) is 6.31. The molecule has 1 heterocycles. The molecule has 3 nitrogen and oxygen atoms in total. The van der Waals surface area contributed by atoms with Gasteiger partial charge in [0, 0.05) is 11.6 Å². The van der Waals surface area contributed by atoms with Gasteiger partial charge in [0.25, 0.3) is 0 Å². The largest absolute Gasteiger partial charge is 0.323 e. The SMILES string of the molecule is NC(Cc1c(F)ccc(Br)c1F)c1cnns1. The van der Waals surface area contributed by atoms with E-state index < -0.39 is 17.7 Å². The number of hydrogen-bond acceptors (Lipinski definition) is 4. The molecule has 90 valence electrons. The molecule has 0 aliphatic carbocycles. The Hall–Kier alpha value is -0.920. The number of hydrogen-bond donors (Lipinski definition) is 1. The molecule has 1 aromatic carbocycles. The highest BCUT2D eigenvalue weighted by atomic mass is 79.9. The monoisotopic (exact) mass is 319 g/mol. The summed E-state index contributed by atoms with van der Waals surface area (Å²) in [6.45, 7) is 0. The summed E-state index contributed by atoms with van der Waals surface area (Å²) in [6, 6.07) is 2.03. The molecule has 0 aliphatic rings. The molecule has 0 radical (unpaired) electrons. The van der Waals surface area contributed by atoms with E-state index in [2.05, 4.69) is 25.5 Å². The molecule has 0 aliphatic heterocycles. The average molecular weight is 320 g/mol. The zero-order chi connectivity index (χ0) is 12.4. The fraction of sp³-hybridized carbons (Fsp3) is 0.200. The van der Waals surface area contributed by atoms with Gasteiger partial charge < -0.3 is 5.73 Å². The summed E-state index contributed by atoms with van der Waals surface area (Å²) in [5.41, 5.74) is 5.81. The van der Waals surface area contributed by atoms with Gasteiger partial charge in [-0.25, -0.2) is 8.78 Å². The Morgan fingerprint density at radius 1 is 1.41 bits per heavy atom. The Morgan fingerprint density at radius 2 is 2.18 bits per heavy atom. The van der Waals surface area contributed by atoms with Crippen molar-refractivity contribution < 1.29 is 8.78 Å². The molecule has 2 N–H and O–H groups in total. The number of nitrogens with zero attached hydrogens (tertiary/aromatic N) is 2. The predicted molar refractivity (Wildman–Crippen MR) is 64.6 cm³/mol. The minimum absolute atomic E-state index is 0.0275. The van der Waals surface area contributed by atoms with Gasteiger partial charge >= 0.3 is 0 Å². The van der Waals surface area contributed by atoms with E-state index >= 15 is 0 Å². The number of aromatic nitrogens is 2. The fourth-order valence-corrected chi connectivity index (χ4v) is 2.29. The van der Waals surface area contributed by atoms with Crippen LogP contribution in [0.2, 0.25) is 0 Å². The van der Waals surface area contributed by atoms with Gasteiger partial charge in [-0.05, 0) is 46.0 Å². The molecule has 0 saturated heterocycles. The molecule has 0 saturated carbocycles. The second-order valence-corrected chi connectivity index (χ2v) is 5.12. The van der Waals surface area contributed by atoms with Crippen molar-refractivity contribution >= 4 is 27.5 Å². The van der Waals surface area contributed by atoms with Gasteiger partial charge in [0.05, 0.1) is 15.5 Å². The Labute approximate surface area is 109 Å². The summed E-state index contributed by atoms with van der Waals surface area (Å²) < 4.78 is 31.1. The van der Waals surface area contributed by atoms with Crippen molar-refractivity contribution in [1.82, 2.24) is 9.59 Å². The Balaban J connectivity index is 2.27. The highest BCUT2D eigenvalue weighted by Crippen LogP contribution is 2.26. The summed E-state index contributed by atoms with van der Waals surface area (Å²) in [5, 5.41) is 3.64. The second kappa shape index (κ2) is 5.16. The van der Waals surface area contributed by atoms with Crippen LogP contribution >= 0.6 is 27.5 Å². The summed E-state index contributed by atoms with van der Waals surface area (Å²) in [7, 11) is 0. The molecule has 2 rings (SSSR count). The first-order valence-electron chi connectivity index (χ1n) is 4.75.